The van der Waals surface area contributed by atoms with Gasteiger partial charge in [0.15, 0.2) is 0 Å². The molecule has 4 heterocycles. The van der Waals surface area contributed by atoms with Crippen LogP contribution in [0.3, 0.4) is 0 Å². The minimum Gasteiger partial charge on any atom is -0.497 e. The molecule has 0 amide bonds. The van der Waals surface area contributed by atoms with Crippen LogP contribution in [-0.4, -0.2) is 30.5 Å². The molecule has 0 unspecified atom stereocenters. The van der Waals surface area contributed by atoms with E-state index in [1.54, 1.807) is 43.1 Å². The largest absolute Gasteiger partial charge is 0.497 e. The minimum absolute atomic E-state index is 0.476. The van der Waals surface area contributed by atoms with Gasteiger partial charge in [0.2, 0.25) is 0 Å². The van der Waals surface area contributed by atoms with Crippen molar-refractivity contribution in [3.8, 4) is 33.4 Å². The lowest BCUT2D eigenvalue weighted by molar-refractivity contribution is 0.112. The third-order valence-electron chi connectivity index (χ3n) is 9.48. The second-order valence-electron chi connectivity index (χ2n) is 13.6. The zero-order chi connectivity index (χ0) is 42.0. The number of carbonyl (C=O) groups excluding carboxylic acids is 1. The van der Waals surface area contributed by atoms with Gasteiger partial charge in [0.05, 0.1) is 49.8 Å². The van der Waals surface area contributed by atoms with Gasteiger partial charge in [0, 0.05) is 46.3 Å². The molecule has 0 radical (unpaired) electrons. The van der Waals surface area contributed by atoms with Gasteiger partial charge in [-0.2, -0.15) is 0 Å². The summed E-state index contributed by atoms with van der Waals surface area (Å²) in [4.78, 5) is 21.0. The second-order valence-corrected chi connectivity index (χ2v) is 17.1. The van der Waals surface area contributed by atoms with E-state index in [1.165, 1.54) is 0 Å². The Morgan fingerprint density at radius 3 is 1.59 bits per heavy atom. The van der Waals surface area contributed by atoms with Gasteiger partial charge >= 0.3 is 0 Å². The van der Waals surface area contributed by atoms with E-state index in [4.69, 9.17) is 18.9 Å². The summed E-state index contributed by atoms with van der Waals surface area (Å²) in [6.45, 7) is 0.981. The SMILES string of the molecule is COc1ccc(COc2cccc(Nc3ccnc4cc(-c5ccc(C=O)cc5)sc34)c2)cc1.COc1ccc(COc2cccc(Nc3ccnc4cc(Br)sc34)c2)cc1. The predicted octanol–water partition coefficient (Wildman–Crippen LogP) is 13.5. The molecule has 0 spiro atoms. The lowest BCUT2D eigenvalue weighted by Crippen LogP contribution is -1.97. The van der Waals surface area contributed by atoms with Crippen molar-refractivity contribution in [2.75, 3.05) is 24.9 Å². The Morgan fingerprint density at radius 2 is 1.08 bits per heavy atom. The first kappa shape index (κ1) is 41.0. The van der Waals surface area contributed by atoms with E-state index in [0.29, 0.717) is 18.8 Å². The van der Waals surface area contributed by atoms with Crippen molar-refractivity contribution in [1.82, 2.24) is 9.97 Å². The van der Waals surface area contributed by atoms with Gasteiger partial charge in [-0.25, -0.2) is 0 Å². The van der Waals surface area contributed by atoms with E-state index in [2.05, 4.69) is 42.6 Å². The first-order chi connectivity index (χ1) is 29.9. The van der Waals surface area contributed by atoms with Crippen LogP contribution >= 0.6 is 38.6 Å². The molecule has 304 valence electrons. The van der Waals surface area contributed by atoms with Crippen LogP contribution in [-0.2, 0) is 13.2 Å². The van der Waals surface area contributed by atoms with Crippen LogP contribution < -0.4 is 29.6 Å². The topological polar surface area (TPSA) is 104 Å². The quantitative estimate of drug-likeness (QED) is 0.103. The zero-order valence-corrected chi connectivity index (χ0v) is 36.4. The fourth-order valence-electron chi connectivity index (χ4n) is 6.33. The van der Waals surface area contributed by atoms with Gasteiger partial charge in [0.1, 0.15) is 42.5 Å². The van der Waals surface area contributed by atoms with Crippen LogP contribution in [0, 0.1) is 0 Å². The van der Waals surface area contributed by atoms with Crippen molar-refractivity contribution in [3.63, 3.8) is 0 Å². The molecule has 9 nitrogen and oxygen atoms in total. The Kier molecular flexibility index (Phi) is 13.2. The number of thiophene rings is 2. The fourth-order valence-corrected chi connectivity index (χ4v) is 8.93. The Bertz CT molecular complexity index is 2880. The number of halogens is 1. The molecule has 61 heavy (non-hydrogen) atoms. The smallest absolute Gasteiger partial charge is 0.150 e. The molecular formula is C49H39BrN4O5S2. The highest BCUT2D eigenvalue weighted by Gasteiger charge is 2.11. The number of pyridine rings is 2. The maximum atomic E-state index is 10.9. The van der Waals surface area contributed by atoms with Crippen LogP contribution in [0.5, 0.6) is 23.0 Å². The number of nitrogens with zero attached hydrogens (tertiary/aromatic N) is 2. The second kappa shape index (κ2) is 19.6. The summed E-state index contributed by atoms with van der Waals surface area (Å²) in [6.07, 6.45) is 4.47. The molecule has 0 aliphatic rings. The summed E-state index contributed by atoms with van der Waals surface area (Å²) < 4.78 is 25.6. The molecule has 0 aliphatic heterocycles. The van der Waals surface area contributed by atoms with E-state index in [1.807, 2.05) is 146 Å². The molecule has 4 aromatic heterocycles. The number of nitrogens with one attached hydrogen (secondary N) is 2. The molecule has 9 rings (SSSR count). The summed E-state index contributed by atoms with van der Waals surface area (Å²) in [6, 6.07) is 47.3. The van der Waals surface area contributed by atoms with Crippen molar-refractivity contribution in [3.05, 3.63) is 178 Å². The van der Waals surface area contributed by atoms with E-state index >= 15 is 0 Å². The number of aromatic nitrogens is 2. The summed E-state index contributed by atoms with van der Waals surface area (Å²) in [5, 5.41) is 6.98. The van der Waals surface area contributed by atoms with Crippen LogP contribution in [0.25, 0.3) is 30.9 Å². The monoisotopic (exact) mass is 906 g/mol. The van der Waals surface area contributed by atoms with E-state index in [0.717, 1.165) is 97.8 Å². The molecule has 0 fully saturated rings. The maximum Gasteiger partial charge on any atom is 0.150 e. The summed E-state index contributed by atoms with van der Waals surface area (Å²) in [5.41, 5.74) is 9.72. The predicted molar refractivity (Wildman–Crippen MR) is 252 cm³/mol. The standard InChI is InChI=1S/C28H22N2O3S.C21H17BrN2O2S/c1-32-23-11-7-20(8-12-23)18-33-24-4-2-3-22(15-24)30-25-13-14-29-26-16-27(34-28(25)26)21-9-5-19(17-31)6-10-21;1-25-16-7-5-14(6-8-16)13-26-17-4-2-3-15(11-17)24-18-9-10-23-19-12-20(22)27-21(18)19/h2-17H,18H2,1H3,(H,29,30);2-12H,13H2,1H3,(H,23,24). The Morgan fingerprint density at radius 1 is 0.574 bits per heavy atom. The third kappa shape index (κ3) is 10.5. The first-order valence-electron chi connectivity index (χ1n) is 19.2. The van der Waals surface area contributed by atoms with Crippen LogP contribution in [0.4, 0.5) is 22.7 Å². The zero-order valence-electron chi connectivity index (χ0n) is 33.1. The van der Waals surface area contributed by atoms with Gasteiger partial charge in [-0.3, -0.25) is 14.8 Å². The summed E-state index contributed by atoms with van der Waals surface area (Å²) >= 11 is 6.86. The van der Waals surface area contributed by atoms with Gasteiger partial charge in [0.25, 0.3) is 0 Å². The Labute approximate surface area is 369 Å². The molecule has 0 bridgehead atoms. The molecule has 0 saturated heterocycles. The highest BCUT2D eigenvalue weighted by atomic mass is 79.9. The number of aldehydes is 1. The third-order valence-corrected chi connectivity index (χ3v) is 12.3. The normalized spacial score (nSPS) is 10.7. The molecule has 2 N–H and O–H groups in total. The molecule has 0 saturated carbocycles. The minimum atomic E-state index is 0.476. The van der Waals surface area contributed by atoms with Crippen LogP contribution in [0.1, 0.15) is 21.5 Å². The molecule has 9 aromatic rings. The van der Waals surface area contributed by atoms with Crippen LogP contribution in [0.15, 0.2) is 162 Å². The number of hydrogen-bond acceptors (Lipinski definition) is 11. The number of rotatable bonds is 14. The summed E-state index contributed by atoms with van der Waals surface area (Å²) in [7, 11) is 3.32. The average molecular weight is 908 g/mol. The molecule has 12 heteroatoms. The molecule has 0 atom stereocenters. The number of hydrogen-bond donors (Lipinski definition) is 2. The van der Waals surface area contributed by atoms with Crippen LogP contribution in [0.2, 0.25) is 0 Å². The number of anilines is 4. The lowest BCUT2D eigenvalue weighted by Gasteiger charge is -2.11. The molecule has 0 aliphatic carbocycles. The Hall–Kier alpha value is -6.73. The highest BCUT2D eigenvalue weighted by molar-refractivity contribution is 9.11. The lowest BCUT2D eigenvalue weighted by atomic mass is 10.1. The summed E-state index contributed by atoms with van der Waals surface area (Å²) in [5.74, 6) is 3.27. The van der Waals surface area contributed by atoms with E-state index in [-0.39, 0.29) is 0 Å². The number of carbonyl (C=O) groups is 1. The van der Waals surface area contributed by atoms with E-state index in [9.17, 15) is 4.79 Å². The van der Waals surface area contributed by atoms with Crippen molar-refractivity contribution in [2.45, 2.75) is 13.2 Å². The number of ether oxygens (including phenoxy) is 4. The molecular weight excluding hydrogens is 869 g/mol. The first-order valence-corrected chi connectivity index (χ1v) is 21.6. The van der Waals surface area contributed by atoms with E-state index < -0.39 is 0 Å². The van der Waals surface area contributed by atoms with Crippen molar-refractivity contribution < 1.29 is 23.7 Å². The van der Waals surface area contributed by atoms with Gasteiger partial charge in [-0.15, -0.1) is 22.7 Å². The number of benzene rings is 5. The number of methoxy groups -OCH3 is 2. The van der Waals surface area contributed by atoms with Gasteiger partial charge in [-0.05, 0) is 105 Å². The Balaban J connectivity index is 0.000000173. The maximum absolute atomic E-state index is 10.9. The van der Waals surface area contributed by atoms with Gasteiger partial charge < -0.3 is 29.6 Å². The molecule has 5 aromatic carbocycles. The van der Waals surface area contributed by atoms with Gasteiger partial charge in [-0.1, -0.05) is 60.7 Å². The van der Waals surface area contributed by atoms with Crippen molar-refractivity contribution >= 4 is 88.1 Å². The fraction of sp³-hybridized carbons (Fsp3) is 0.0816. The highest BCUT2D eigenvalue weighted by Crippen LogP contribution is 2.38. The van der Waals surface area contributed by atoms with Crippen molar-refractivity contribution in [2.24, 2.45) is 0 Å². The average Bonchev–Trinajstić information content (AvgIpc) is 3.93. The number of fused-ring (bicyclic) bond motifs is 2. The van der Waals surface area contributed by atoms with Crippen molar-refractivity contribution in [1.29, 1.82) is 0 Å².